The Morgan fingerprint density at radius 2 is 1.79 bits per heavy atom. The van der Waals surface area contributed by atoms with Gasteiger partial charge in [0.1, 0.15) is 11.9 Å². The first kappa shape index (κ1) is 14.4. The predicted molar refractivity (Wildman–Crippen MR) is 80.7 cm³/mol. The minimum Gasteiger partial charge on any atom is -0.490 e. The molecule has 0 aromatic heterocycles. The number of ether oxygens (including phenoxy) is 1. The molecule has 1 aromatic carbocycles. The first-order valence-corrected chi connectivity index (χ1v) is 7.63. The molecule has 0 spiro atoms. The van der Waals surface area contributed by atoms with Crippen LogP contribution in [0.1, 0.15) is 45.6 Å². The summed E-state index contributed by atoms with van der Waals surface area (Å²) in [5.41, 5.74) is 1.59. The van der Waals surface area contributed by atoms with Gasteiger partial charge in [-0.3, -0.25) is 0 Å². The van der Waals surface area contributed by atoms with Gasteiger partial charge in [0.25, 0.3) is 0 Å². The molecule has 1 aromatic rings. The van der Waals surface area contributed by atoms with Crippen LogP contribution in [0.5, 0.6) is 5.75 Å². The molecule has 2 nitrogen and oxygen atoms in total. The summed E-state index contributed by atoms with van der Waals surface area (Å²) in [6.45, 7) is 9.92. The van der Waals surface area contributed by atoms with Gasteiger partial charge in [-0.25, -0.2) is 0 Å². The monoisotopic (exact) mass is 261 g/mol. The number of rotatable bonds is 6. The molecule has 1 aliphatic rings. The SMILES string of the molecule is CCNC1CC(Oc2ccc(C)cc2)C1(CC)CC. The van der Waals surface area contributed by atoms with Crippen molar-refractivity contribution in [3.63, 3.8) is 0 Å². The molecule has 0 radical (unpaired) electrons. The van der Waals surface area contributed by atoms with Crippen molar-refractivity contribution in [3.05, 3.63) is 29.8 Å². The zero-order chi connectivity index (χ0) is 13.9. The lowest BCUT2D eigenvalue weighted by atomic mass is 9.58. The van der Waals surface area contributed by atoms with Crippen molar-refractivity contribution in [1.29, 1.82) is 0 Å². The average molecular weight is 261 g/mol. The third-order valence-corrected chi connectivity index (χ3v) is 4.85. The van der Waals surface area contributed by atoms with E-state index in [2.05, 4.69) is 57.3 Å². The van der Waals surface area contributed by atoms with Gasteiger partial charge < -0.3 is 10.1 Å². The maximum atomic E-state index is 6.24. The molecule has 0 amide bonds. The molecule has 2 heteroatoms. The third kappa shape index (κ3) is 2.64. The van der Waals surface area contributed by atoms with Crippen molar-refractivity contribution >= 4 is 0 Å². The third-order valence-electron chi connectivity index (χ3n) is 4.85. The molecule has 1 fully saturated rings. The minimum absolute atomic E-state index is 0.306. The molecule has 1 saturated carbocycles. The zero-order valence-corrected chi connectivity index (χ0v) is 12.7. The lowest BCUT2D eigenvalue weighted by Crippen LogP contribution is -2.64. The second-order valence-corrected chi connectivity index (χ2v) is 5.71. The highest BCUT2D eigenvalue weighted by molar-refractivity contribution is 5.27. The summed E-state index contributed by atoms with van der Waals surface area (Å²) in [4.78, 5) is 0. The Bertz CT molecular complexity index is 394. The highest BCUT2D eigenvalue weighted by Gasteiger charge is 2.53. The zero-order valence-electron chi connectivity index (χ0n) is 12.7. The molecule has 0 saturated heterocycles. The van der Waals surface area contributed by atoms with E-state index >= 15 is 0 Å². The molecule has 2 rings (SSSR count). The fourth-order valence-electron chi connectivity index (χ4n) is 3.43. The molecule has 0 aliphatic heterocycles. The van der Waals surface area contributed by atoms with Crippen LogP contribution in [0.2, 0.25) is 0 Å². The van der Waals surface area contributed by atoms with Gasteiger partial charge in [-0.15, -0.1) is 0 Å². The first-order valence-electron chi connectivity index (χ1n) is 7.63. The van der Waals surface area contributed by atoms with E-state index in [1.54, 1.807) is 0 Å². The van der Waals surface area contributed by atoms with Crippen molar-refractivity contribution in [2.45, 2.75) is 59.1 Å². The molecular formula is C17H27NO. The van der Waals surface area contributed by atoms with Gasteiger partial charge in [0.05, 0.1) is 0 Å². The molecule has 0 heterocycles. The predicted octanol–water partition coefficient (Wildman–Crippen LogP) is 3.93. The van der Waals surface area contributed by atoms with Crippen molar-refractivity contribution in [3.8, 4) is 5.75 Å². The Hall–Kier alpha value is -1.02. The molecule has 19 heavy (non-hydrogen) atoms. The second-order valence-electron chi connectivity index (χ2n) is 5.71. The number of benzene rings is 1. The van der Waals surface area contributed by atoms with Gasteiger partial charge >= 0.3 is 0 Å². The van der Waals surface area contributed by atoms with Crippen molar-refractivity contribution in [2.24, 2.45) is 5.41 Å². The molecule has 1 aliphatic carbocycles. The van der Waals surface area contributed by atoms with Crippen LogP contribution < -0.4 is 10.1 Å². The fraction of sp³-hybridized carbons (Fsp3) is 0.647. The van der Waals surface area contributed by atoms with Crippen LogP contribution in [-0.4, -0.2) is 18.7 Å². The Balaban J connectivity index is 2.06. The van der Waals surface area contributed by atoms with Crippen LogP contribution in [0.4, 0.5) is 0 Å². The number of aryl methyl sites for hydroxylation is 1. The summed E-state index contributed by atoms with van der Waals surface area (Å²) < 4.78 is 6.24. The van der Waals surface area contributed by atoms with Crippen LogP contribution >= 0.6 is 0 Å². The number of nitrogens with one attached hydrogen (secondary N) is 1. The van der Waals surface area contributed by atoms with Gasteiger partial charge in [0.15, 0.2) is 0 Å². The van der Waals surface area contributed by atoms with Crippen LogP contribution in [0.3, 0.4) is 0 Å². The highest BCUT2D eigenvalue weighted by atomic mass is 16.5. The molecule has 0 bridgehead atoms. The first-order chi connectivity index (χ1) is 9.16. The summed E-state index contributed by atoms with van der Waals surface area (Å²) in [5, 5.41) is 3.62. The number of hydrogen-bond donors (Lipinski definition) is 1. The van der Waals surface area contributed by atoms with Gasteiger partial charge in [-0.2, -0.15) is 0 Å². The standard InChI is InChI=1S/C17H27NO/c1-5-17(6-2)15(18-7-3)12-16(17)19-14-10-8-13(4)9-11-14/h8-11,15-16,18H,5-7,12H2,1-4H3. The van der Waals surface area contributed by atoms with Gasteiger partial charge in [0.2, 0.25) is 0 Å². The minimum atomic E-state index is 0.306. The Morgan fingerprint density at radius 3 is 2.32 bits per heavy atom. The summed E-state index contributed by atoms with van der Waals surface area (Å²) in [6, 6.07) is 9.03. The van der Waals surface area contributed by atoms with Gasteiger partial charge in [-0.05, 0) is 38.4 Å². The van der Waals surface area contributed by atoms with E-state index in [0.717, 1.165) is 18.7 Å². The van der Waals surface area contributed by atoms with Gasteiger partial charge in [-0.1, -0.05) is 38.5 Å². The van der Waals surface area contributed by atoms with E-state index in [1.807, 2.05) is 0 Å². The van der Waals surface area contributed by atoms with E-state index in [-0.39, 0.29) is 0 Å². The van der Waals surface area contributed by atoms with Crippen LogP contribution in [-0.2, 0) is 0 Å². The molecule has 2 atom stereocenters. The van der Waals surface area contributed by atoms with Crippen molar-refractivity contribution in [1.82, 2.24) is 5.32 Å². The summed E-state index contributed by atoms with van der Waals surface area (Å²) in [7, 11) is 0. The average Bonchev–Trinajstić information content (AvgIpc) is 2.41. The summed E-state index contributed by atoms with van der Waals surface area (Å²) >= 11 is 0. The fourth-order valence-corrected chi connectivity index (χ4v) is 3.43. The van der Waals surface area contributed by atoms with Crippen LogP contribution in [0, 0.1) is 12.3 Å². The smallest absolute Gasteiger partial charge is 0.119 e. The lowest BCUT2D eigenvalue weighted by Gasteiger charge is -2.55. The summed E-state index contributed by atoms with van der Waals surface area (Å²) in [6.07, 6.45) is 3.84. The van der Waals surface area contributed by atoms with Crippen LogP contribution in [0.25, 0.3) is 0 Å². The van der Waals surface area contributed by atoms with Crippen molar-refractivity contribution in [2.75, 3.05) is 6.54 Å². The van der Waals surface area contributed by atoms with E-state index in [1.165, 1.54) is 18.4 Å². The lowest BCUT2D eigenvalue weighted by molar-refractivity contribution is -0.0854. The molecule has 106 valence electrons. The maximum absolute atomic E-state index is 6.24. The maximum Gasteiger partial charge on any atom is 0.119 e. The molecule has 2 unspecified atom stereocenters. The Morgan fingerprint density at radius 1 is 1.16 bits per heavy atom. The van der Waals surface area contributed by atoms with E-state index < -0.39 is 0 Å². The molecular weight excluding hydrogens is 234 g/mol. The molecule has 1 N–H and O–H groups in total. The van der Waals surface area contributed by atoms with Crippen molar-refractivity contribution < 1.29 is 4.74 Å². The highest BCUT2D eigenvalue weighted by Crippen LogP contribution is 2.48. The van der Waals surface area contributed by atoms with Gasteiger partial charge in [0, 0.05) is 17.9 Å². The van der Waals surface area contributed by atoms with Crippen LogP contribution in [0.15, 0.2) is 24.3 Å². The number of hydrogen-bond acceptors (Lipinski definition) is 2. The van der Waals surface area contributed by atoms with E-state index in [4.69, 9.17) is 4.74 Å². The Kier molecular flexibility index (Phi) is 4.51. The van der Waals surface area contributed by atoms with E-state index in [0.29, 0.717) is 17.6 Å². The normalized spacial score (nSPS) is 24.8. The summed E-state index contributed by atoms with van der Waals surface area (Å²) in [5.74, 6) is 1.01. The van der Waals surface area contributed by atoms with E-state index in [9.17, 15) is 0 Å². The Labute approximate surface area is 117 Å². The second kappa shape index (κ2) is 5.96. The quantitative estimate of drug-likeness (QED) is 0.837. The largest absolute Gasteiger partial charge is 0.490 e. The topological polar surface area (TPSA) is 21.3 Å².